The molecular formula is C18H20BrFN4O. The molecule has 25 heavy (non-hydrogen) atoms. The van der Waals surface area contributed by atoms with Gasteiger partial charge < -0.3 is 15.4 Å². The van der Waals surface area contributed by atoms with Gasteiger partial charge in [-0.25, -0.2) is 14.4 Å². The summed E-state index contributed by atoms with van der Waals surface area (Å²) in [5, 5.41) is 14.0. The standard InChI is InChI=1S/C18H20BrFN4O/c1-10-11(2)24-18-16(10)17(22-9-23-18)21-7-13(8-25)3-12-4-14(19)6-15(20)5-12/h4-6,9,13,25H,3,7-8H2,1-2H3,(H2,21,22,23,24). The zero-order valence-corrected chi connectivity index (χ0v) is 15.7. The molecule has 3 N–H and O–H groups in total. The van der Waals surface area contributed by atoms with Crippen LogP contribution in [0.4, 0.5) is 10.2 Å². The molecule has 1 aromatic carbocycles. The van der Waals surface area contributed by atoms with Crippen molar-refractivity contribution in [2.45, 2.75) is 20.3 Å². The lowest BCUT2D eigenvalue weighted by molar-refractivity contribution is 0.232. The maximum absolute atomic E-state index is 13.5. The summed E-state index contributed by atoms with van der Waals surface area (Å²) < 4.78 is 14.2. The molecule has 1 unspecified atom stereocenters. The van der Waals surface area contributed by atoms with E-state index in [4.69, 9.17) is 0 Å². The largest absolute Gasteiger partial charge is 0.396 e. The van der Waals surface area contributed by atoms with Gasteiger partial charge in [-0.2, -0.15) is 0 Å². The summed E-state index contributed by atoms with van der Waals surface area (Å²) in [5.41, 5.74) is 3.80. The molecule has 5 nitrogen and oxygen atoms in total. The summed E-state index contributed by atoms with van der Waals surface area (Å²) in [6, 6.07) is 4.79. The van der Waals surface area contributed by atoms with Crippen LogP contribution in [-0.2, 0) is 6.42 Å². The van der Waals surface area contributed by atoms with Crippen molar-refractivity contribution in [3.63, 3.8) is 0 Å². The average molecular weight is 407 g/mol. The van der Waals surface area contributed by atoms with Gasteiger partial charge in [-0.1, -0.05) is 15.9 Å². The minimum absolute atomic E-state index is 0.000502. The lowest BCUT2D eigenvalue weighted by Crippen LogP contribution is -2.21. The highest BCUT2D eigenvalue weighted by Crippen LogP contribution is 2.25. The number of rotatable bonds is 6. The molecule has 0 amide bonds. The van der Waals surface area contributed by atoms with Gasteiger partial charge in [-0.05, 0) is 49.6 Å². The van der Waals surface area contributed by atoms with E-state index in [-0.39, 0.29) is 18.3 Å². The van der Waals surface area contributed by atoms with Crippen LogP contribution in [0.2, 0.25) is 0 Å². The Kier molecular flexibility index (Phi) is 5.34. The first-order chi connectivity index (χ1) is 12.0. The second-order valence-electron chi connectivity index (χ2n) is 6.23. The number of hydrogen-bond acceptors (Lipinski definition) is 4. The number of hydrogen-bond donors (Lipinski definition) is 3. The Balaban J connectivity index is 1.75. The number of nitrogens with zero attached hydrogens (tertiary/aromatic N) is 2. The summed E-state index contributed by atoms with van der Waals surface area (Å²) in [6.07, 6.45) is 2.08. The fourth-order valence-electron chi connectivity index (χ4n) is 2.93. The first-order valence-electron chi connectivity index (χ1n) is 8.07. The molecule has 0 spiro atoms. The Morgan fingerprint density at radius 3 is 2.80 bits per heavy atom. The number of H-pyrrole nitrogens is 1. The van der Waals surface area contributed by atoms with E-state index in [1.807, 2.05) is 19.9 Å². The molecule has 7 heteroatoms. The first-order valence-corrected chi connectivity index (χ1v) is 8.86. The van der Waals surface area contributed by atoms with E-state index in [1.165, 1.54) is 18.5 Å². The van der Waals surface area contributed by atoms with Gasteiger partial charge in [0.15, 0.2) is 0 Å². The molecule has 0 aliphatic rings. The fourth-order valence-corrected chi connectivity index (χ4v) is 3.45. The quantitative estimate of drug-likeness (QED) is 0.582. The summed E-state index contributed by atoms with van der Waals surface area (Å²) in [7, 11) is 0. The van der Waals surface area contributed by atoms with E-state index in [1.54, 1.807) is 0 Å². The molecule has 0 saturated carbocycles. The number of fused-ring (bicyclic) bond motifs is 1. The molecule has 2 heterocycles. The Labute approximate surface area is 153 Å². The molecule has 0 radical (unpaired) electrons. The molecule has 0 aliphatic heterocycles. The van der Waals surface area contributed by atoms with E-state index >= 15 is 0 Å². The molecule has 132 valence electrons. The van der Waals surface area contributed by atoms with E-state index < -0.39 is 0 Å². The van der Waals surface area contributed by atoms with Crippen LogP contribution < -0.4 is 5.32 Å². The minimum Gasteiger partial charge on any atom is -0.396 e. The van der Waals surface area contributed by atoms with E-state index in [9.17, 15) is 9.50 Å². The first kappa shape index (κ1) is 17.8. The van der Waals surface area contributed by atoms with Crippen molar-refractivity contribution in [3.8, 4) is 0 Å². The summed E-state index contributed by atoms with van der Waals surface area (Å²) >= 11 is 3.30. The maximum atomic E-state index is 13.5. The highest BCUT2D eigenvalue weighted by atomic mass is 79.9. The molecular weight excluding hydrogens is 387 g/mol. The smallest absolute Gasteiger partial charge is 0.143 e. The van der Waals surface area contributed by atoms with Crippen molar-refractivity contribution < 1.29 is 9.50 Å². The van der Waals surface area contributed by atoms with E-state index in [2.05, 4.69) is 36.2 Å². The van der Waals surface area contributed by atoms with Crippen LogP contribution in [0.5, 0.6) is 0 Å². The molecule has 0 bridgehead atoms. The predicted molar refractivity (Wildman–Crippen MR) is 100 cm³/mol. The Hall–Kier alpha value is -1.99. The van der Waals surface area contributed by atoms with Gasteiger partial charge in [-0.3, -0.25) is 0 Å². The minimum atomic E-state index is -0.287. The molecule has 0 saturated heterocycles. The molecule has 3 rings (SSSR count). The van der Waals surface area contributed by atoms with Crippen LogP contribution in [-0.4, -0.2) is 33.2 Å². The van der Waals surface area contributed by atoms with Crippen molar-refractivity contribution in [1.82, 2.24) is 15.0 Å². The number of nitrogens with one attached hydrogen (secondary N) is 2. The highest BCUT2D eigenvalue weighted by Gasteiger charge is 2.14. The number of aliphatic hydroxyl groups excluding tert-OH is 1. The SMILES string of the molecule is Cc1[nH]c2ncnc(NCC(CO)Cc3cc(F)cc(Br)c3)c2c1C. The van der Waals surface area contributed by atoms with Gasteiger partial charge in [-0.15, -0.1) is 0 Å². The van der Waals surface area contributed by atoms with Gasteiger partial charge in [0, 0.05) is 29.2 Å². The second-order valence-corrected chi connectivity index (χ2v) is 7.15. The number of aliphatic hydroxyl groups is 1. The van der Waals surface area contributed by atoms with Crippen molar-refractivity contribution in [2.75, 3.05) is 18.5 Å². The molecule has 1 atom stereocenters. The predicted octanol–water partition coefficient (Wildman–Crippen LogP) is 3.74. The van der Waals surface area contributed by atoms with Gasteiger partial charge in [0.1, 0.15) is 23.6 Å². The number of aromatic nitrogens is 3. The third-order valence-electron chi connectivity index (χ3n) is 4.35. The molecule has 0 aliphatic carbocycles. The van der Waals surface area contributed by atoms with Gasteiger partial charge in [0.05, 0.1) is 5.39 Å². The monoisotopic (exact) mass is 406 g/mol. The summed E-state index contributed by atoms with van der Waals surface area (Å²) in [6.45, 7) is 4.55. The zero-order valence-electron chi connectivity index (χ0n) is 14.1. The van der Waals surface area contributed by atoms with Crippen molar-refractivity contribution in [3.05, 3.63) is 51.6 Å². The van der Waals surface area contributed by atoms with E-state index in [0.29, 0.717) is 17.4 Å². The van der Waals surface area contributed by atoms with Crippen molar-refractivity contribution >= 4 is 32.8 Å². The van der Waals surface area contributed by atoms with Crippen LogP contribution in [0.1, 0.15) is 16.8 Å². The van der Waals surface area contributed by atoms with Crippen LogP contribution >= 0.6 is 15.9 Å². The Morgan fingerprint density at radius 2 is 2.08 bits per heavy atom. The topological polar surface area (TPSA) is 73.8 Å². The molecule has 0 fully saturated rings. The van der Waals surface area contributed by atoms with Crippen LogP contribution in [0, 0.1) is 25.6 Å². The average Bonchev–Trinajstić information content (AvgIpc) is 2.85. The van der Waals surface area contributed by atoms with Gasteiger partial charge in [0.25, 0.3) is 0 Å². The number of anilines is 1. The fraction of sp³-hybridized carbons (Fsp3) is 0.333. The van der Waals surface area contributed by atoms with E-state index in [0.717, 1.165) is 33.7 Å². The zero-order chi connectivity index (χ0) is 18.0. The normalized spacial score (nSPS) is 12.5. The Bertz CT molecular complexity index is 876. The Morgan fingerprint density at radius 1 is 1.28 bits per heavy atom. The van der Waals surface area contributed by atoms with Crippen LogP contribution in [0.3, 0.4) is 0 Å². The number of aromatic amines is 1. The lowest BCUT2D eigenvalue weighted by Gasteiger charge is -2.16. The second kappa shape index (κ2) is 7.49. The lowest BCUT2D eigenvalue weighted by atomic mass is 10.00. The van der Waals surface area contributed by atoms with Gasteiger partial charge >= 0.3 is 0 Å². The van der Waals surface area contributed by atoms with Crippen LogP contribution in [0.15, 0.2) is 29.0 Å². The van der Waals surface area contributed by atoms with Gasteiger partial charge in [0.2, 0.25) is 0 Å². The third kappa shape index (κ3) is 3.99. The number of halogens is 2. The maximum Gasteiger partial charge on any atom is 0.143 e. The highest BCUT2D eigenvalue weighted by molar-refractivity contribution is 9.10. The van der Waals surface area contributed by atoms with Crippen molar-refractivity contribution in [1.29, 1.82) is 0 Å². The van der Waals surface area contributed by atoms with Crippen molar-refractivity contribution in [2.24, 2.45) is 5.92 Å². The molecule has 2 aromatic heterocycles. The summed E-state index contributed by atoms with van der Waals surface area (Å²) in [5.74, 6) is 0.398. The van der Waals surface area contributed by atoms with Crippen LogP contribution in [0.25, 0.3) is 11.0 Å². The number of aryl methyl sites for hydroxylation is 2. The number of benzene rings is 1. The molecule has 3 aromatic rings. The summed E-state index contributed by atoms with van der Waals surface area (Å²) in [4.78, 5) is 11.8. The third-order valence-corrected chi connectivity index (χ3v) is 4.81.